The maximum Gasteiger partial charge on any atom is 0.304 e. The van der Waals surface area contributed by atoms with Gasteiger partial charge in [-0.05, 0) is 54.8 Å². The van der Waals surface area contributed by atoms with E-state index in [1.54, 1.807) is 31.2 Å². The van der Waals surface area contributed by atoms with Crippen molar-refractivity contribution in [3.8, 4) is 17.7 Å². The molecule has 1 amide bonds. The van der Waals surface area contributed by atoms with Gasteiger partial charge in [0, 0.05) is 5.39 Å². The van der Waals surface area contributed by atoms with E-state index in [0.29, 0.717) is 28.1 Å². The molecule has 0 aliphatic heterocycles. The van der Waals surface area contributed by atoms with Crippen molar-refractivity contribution in [1.82, 2.24) is 4.98 Å². The lowest BCUT2D eigenvalue weighted by Gasteiger charge is -2.10. The van der Waals surface area contributed by atoms with Crippen LogP contribution in [0.1, 0.15) is 37.8 Å². The summed E-state index contributed by atoms with van der Waals surface area (Å²) in [6, 6.07) is 14.2. The molecule has 0 saturated carbocycles. The van der Waals surface area contributed by atoms with Crippen LogP contribution in [0.15, 0.2) is 52.7 Å². The highest BCUT2D eigenvalue weighted by Crippen LogP contribution is 2.37. The van der Waals surface area contributed by atoms with Crippen molar-refractivity contribution in [2.75, 3.05) is 0 Å². The average Bonchev–Trinajstić information content (AvgIpc) is 3.00. The second-order valence-corrected chi connectivity index (χ2v) is 6.72. The van der Waals surface area contributed by atoms with Gasteiger partial charge in [0.15, 0.2) is 11.8 Å². The van der Waals surface area contributed by atoms with Crippen molar-refractivity contribution < 1.29 is 14.6 Å². The molecule has 0 fully saturated rings. The Hall–Kier alpha value is -3.66. The number of carbonyl (C=O) groups excluding carboxylic acids is 1. The van der Waals surface area contributed by atoms with E-state index in [4.69, 9.17) is 10.00 Å². The van der Waals surface area contributed by atoms with Crippen LogP contribution >= 0.6 is 0 Å². The number of benzene rings is 2. The van der Waals surface area contributed by atoms with Gasteiger partial charge < -0.3 is 14.8 Å². The lowest BCUT2D eigenvalue weighted by Crippen LogP contribution is -2.21. The highest BCUT2D eigenvalue weighted by molar-refractivity contribution is 5.95. The zero-order valence-corrected chi connectivity index (χ0v) is 15.8. The van der Waals surface area contributed by atoms with Crippen LogP contribution in [-0.4, -0.2) is 22.1 Å². The third kappa shape index (κ3) is 4.01. The summed E-state index contributed by atoms with van der Waals surface area (Å²) in [5.41, 5.74) is 2.52. The summed E-state index contributed by atoms with van der Waals surface area (Å²) in [5, 5.41) is 27.3. The number of azo groups is 1. The molecule has 1 atom stereocenters. The van der Waals surface area contributed by atoms with E-state index < -0.39 is 12.0 Å². The summed E-state index contributed by atoms with van der Waals surface area (Å²) in [5.74, 6) is 0.0338. The molecule has 0 aliphatic carbocycles. The molecule has 1 unspecified atom stereocenters. The van der Waals surface area contributed by atoms with E-state index in [1.807, 2.05) is 24.3 Å². The number of nitriles is 1. The third-order valence-corrected chi connectivity index (χ3v) is 4.34. The number of hydrogen-bond acceptors (Lipinski definition) is 5. The smallest absolute Gasteiger partial charge is 0.304 e. The van der Waals surface area contributed by atoms with Gasteiger partial charge in [-0.2, -0.15) is 5.26 Å². The summed E-state index contributed by atoms with van der Waals surface area (Å²) in [6.07, 6.45) is -0.866. The number of nitrogens with zero attached hydrogens (tertiary/aromatic N) is 3. The Bertz CT molecular complexity index is 1080. The van der Waals surface area contributed by atoms with Gasteiger partial charge in [0.1, 0.15) is 5.75 Å². The molecule has 0 aliphatic rings. The molecule has 142 valence electrons. The fraction of sp³-hybridized carbons (Fsp3) is 0.238. The molecule has 0 spiro atoms. The molecule has 2 aromatic carbocycles. The Morgan fingerprint density at radius 3 is 2.54 bits per heavy atom. The summed E-state index contributed by atoms with van der Waals surface area (Å²) in [7, 11) is 0. The number of rotatable bonds is 5. The standard InChI is InChI=1S/C21H20N4O3/c1-12(2)15-6-9-18-17(10-15)19(21(27)23-18)24-25-20(26)13(3)28-16-7-4-14(11-22)5-8-16/h4-10,12-13,23,27H,1-3H3. The van der Waals surface area contributed by atoms with Crippen molar-refractivity contribution in [3.63, 3.8) is 0 Å². The fourth-order valence-electron chi connectivity index (χ4n) is 2.68. The van der Waals surface area contributed by atoms with Gasteiger partial charge in [-0.15, -0.1) is 10.2 Å². The lowest BCUT2D eigenvalue weighted by molar-refractivity contribution is -0.124. The maximum atomic E-state index is 12.3. The van der Waals surface area contributed by atoms with Crippen molar-refractivity contribution in [1.29, 1.82) is 5.26 Å². The molecule has 7 nitrogen and oxygen atoms in total. The minimum Gasteiger partial charge on any atom is -0.493 e. The van der Waals surface area contributed by atoms with E-state index in [1.165, 1.54) is 0 Å². The number of aromatic amines is 1. The molecule has 28 heavy (non-hydrogen) atoms. The fourth-order valence-corrected chi connectivity index (χ4v) is 2.68. The number of carbonyl (C=O) groups is 1. The molecule has 1 aromatic heterocycles. The number of H-pyrrole nitrogens is 1. The van der Waals surface area contributed by atoms with Gasteiger partial charge in [0.05, 0.1) is 17.1 Å². The van der Waals surface area contributed by atoms with Crippen molar-refractivity contribution >= 4 is 22.5 Å². The van der Waals surface area contributed by atoms with Gasteiger partial charge in [0.2, 0.25) is 5.88 Å². The molecule has 3 rings (SSSR count). The van der Waals surface area contributed by atoms with E-state index in [0.717, 1.165) is 5.56 Å². The molecular formula is C21H20N4O3. The maximum absolute atomic E-state index is 12.3. The molecule has 1 heterocycles. The first-order chi connectivity index (χ1) is 13.4. The number of nitrogens with one attached hydrogen (secondary N) is 1. The number of aromatic hydroxyl groups is 1. The highest BCUT2D eigenvalue weighted by atomic mass is 16.5. The second kappa shape index (κ2) is 7.92. The zero-order chi connectivity index (χ0) is 20.3. The third-order valence-electron chi connectivity index (χ3n) is 4.34. The van der Waals surface area contributed by atoms with Gasteiger partial charge in [-0.25, -0.2) is 0 Å². The second-order valence-electron chi connectivity index (χ2n) is 6.72. The van der Waals surface area contributed by atoms with E-state index in [-0.39, 0.29) is 11.6 Å². The summed E-state index contributed by atoms with van der Waals surface area (Å²) < 4.78 is 5.53. The number of ether oxygens (including phenoxy) is 1. The predicted molar refractivity (Wildman–Crippen MR) is 105 cm³/mol. The summed E-state index contributed by atoms with van der Waals surface area (Å²) in [6.45, 7) is 5.70. The van der Waals surface area contributed by atoms with Crippen molar-refractivity contribution in [2.45, 2.75) is 32.8 Å². The molecule has 0 bridgehead atoms. The normalized spacial score (nSPS) is 12.4. The Kier molecular flexibility index (Phi) is 5.41. The van der Waals surface area contributed by atoms with Crippen LogP contribution in [0.25, 0.3) is 10.9 Å². The quantitative estimate of drug-likeness (QED) is 0.614. The molecule has 0 radical (unpaired) electrons. The molecule has 7 heteroatoms. The highest BCUT2D eigenvalue weighted by Gasteiger charge is 2.16. The Balaban J connectivity index is 1.78. The van der Waals surface area contributed by atoms with Crippen LogP contribution in [0, 0.1) is 11.3 Å². The van der Waals surface area contributed by atoms with Gasteiger partial charge in [0.25, 0.3) is 0 Å². The Morgan fingerprint density at radius 1 is 1.18 bits per heavy atom. The van der Waals surface area contributed by atoms with E-state index >= 15 is 0 Å². The SMILES string of the molecule is CC(Oc1ccc(C#N)cc1)C(=O)N=Nc1c(O)[nH]c2ccc(C(C)C)cc12. The average molecular weight is 376 g/mol. The van der Waals surface area contributed by atoms with E-state index in [2.05, 4.69) is 29.1 Å². The van der Waals surface area contributed by atoms with Crippen LogP contribution in [-0.2, 0) is 4.79 Å². The summed E-state index contributed by atoms with van der Waals surface area (Å²) >= 11 is 0. The lowest BCUT2D eigenvalue weighted by atomic mass is 10.0. The van der Waals surface area contributed by atoms with Crippen LogP contribution in [0.2, 0.25) is 0 Å². The van der Waals surface area contributed by atoms with E-state index in [9.17, 15) is 9.90 Å². The first-order valence-electron chi connectivity index (χ1n) is 8.86. The summed E-state index contributed by atoms with van der Waals surface area (Å²) in [4.78, 5) is 15.1. The molecule has 3 aromatic rings. The number of hydrogen-bond donors (Lipinski definition) is 2. The van der Waals surface area contributed by atoms with Crippen molar-refractivity contribution in [3.05, 3.63) is 53.6 Å². The number of fused-ring (bicyclic) bond motifs is 1. The number of amides is 1. The van der Waals surface area contributed by atoms with Gasteiger partial charge in [-0.1, -0.05) is 19.9 Å². The van der Waals surface area contributed by atoms with Crippen molar-refractivity contribution in [2.24, 2.45) is 10.2 Å². The molecule has 2 N–H and O–H groups in total. The molecular weight excluding hydrogens is 356 g/mol. The zero-order valence-electron chi connectivity index (χ0n) is 15.8. The minimum atomic E-state index is -0.866. The first kappa shape index (κ1) is 19.1. The predicted octanol–water partition coefficient (Wildman–Crippen LogP) is 4.95. The van der Waals surface area contributed by atoms with Gasteiger partial charge >= 0.3 is 5.91 Å². The van der Waals surface area contributed by atoms with Crippen LogP contribution in [0.5, 0.6) is 11.6 Å². The Labute approximate surface area is 162 Å². The van der Waals surface area contributed by atoms with Crippen LogP contribution in [0.4, 0.5) is 5.69 Å². The minimum absolute atomic E-state index is 0.145. The van der Waals surface area contributed by atoms with Crippen LogP contribution in [0.3, 0.4) is 0 Å². The Morgan fingerprint density at radius 2 is 1.89 bits per heavy atom. The number of aromatic nitrogens is 1. The first-order valence-corrected chi connectivity index (χ1v) is 8.86. The molecule has 0 saturated heterocycles. The van der Waals surface area contributed by atoms with Crippen LogP contribution < -0.4 is 4.74 Å². The topological polar surface area (TPSA) is 111 Å². The van der Waals surface area contributed by atoms with Gasteiger partial charge in [-0.3, -0.25) is 4.79 Å². The monoisotopic (exact) mass is 376 g/mol. The largest absolute Gasteiger partial charge is 0.493 e.